The zero-order valence-electron chi connectivity index (χ0n) is 9.62. The molecule has 6 nitrogen and oxygen atoms in total. The molecule has 0 atom stereocenters. The van der Waals surface area contributed by atoms with Gasteiger partial charge in [0.05, 0.1) is 11.1 Å². The highest BCUT2D eigenvalue weighted by atomic mass is 32.1. The molecule has 2 aromatic rings. The lowest BCUT2D eigenvalue weighted by atomic mass is 10.4. The highest BCUT2D eigenvalue weighted by Crippen LogP contribution is 2.07. The Bertz CT molecular complexity index is 573. The smallest absolute Gasteiger partial charge is 0.374 e. The number of rotatable bonds is 4. The molecule has 0 aliphatic heterocycles. The van der Waals surface area contributed by atoms with Crippen LogP contribution >= 0.6 is 11.3 Å². The van der Waals surface area contributed by atoms with Gasteiger partial charge in [-0.3, -0.25) is 14.9 Å². The van der Waals surface area contributed by atoms with Crippen molar-refractivity contribution < 1.29 is 23.5 Å². The van der Waals surface area contributed by atoms with Crippen LogP contribution in [-0.2, 0) is 9.53 Å². The van der Waals surface area contributed by atoms with Crippen LogP contribution in [0.1, 0.15) is 20.2 Å². The van der Waals surface area contributed by atoms with E-state index in [1.54, 1.807) is 17.5 Å². The van der Waals surface area contributed by atoms with E-state index >= 15 is 0 Å². The Hall–Kier alpha value is -2.41. The summed E-state index contributed by atoms with van der Waals surface area (Å²) < 4.78 is 9.47. The number of carbonyl (C=O) groups excluding carboxylic acids is 3. The molecular weight excluding hydrogens is 270 g/mol. The van der Waals surface area contributed by atoms with Crippen LogP contribution in [0.15, 0.2) is 40.3 Å². The molecule has 2 heterocycles. The number of hydrogen-bond donors (Lipinski definition) is 1. The lowest BCUT2D eigenvalue weighted by molar-refractivity contribution is -0.123. The standard InChI is InChI=1S/C12H9NO5S/c14-10(13-11(15)9-4-2-6-19-9)7-18-12(16)8-3-1-5-17-8/h1-6H,7H2,(H,13,14,15). The topological polar surface area (TPSA) is 85.6 Å². The summed E-state index contributed by atoms with van der Waals surface area (Å²) >= 11 is 1.21. The molecule has 0 saturated carbocycles. The second-order valence-electron chi connectivity index (χ2n) is 3.41. The number of thiophene rings is 1. The van der Waals surface area contributed by atoms with Crippen LogP contribution in [0.5, 0.6) is 0 Å². The predicted molar refractivity (Wildman–Crippen MR) is 65.8 cm³/mol. The van der Waals surface area contributed by atoms with Crippen LogP contribution in [0.4, 0.5) is 0 Å². The molecule has 98 valence electrons. The first-order valence-electron chi connectivity index (χ1n) is 5.25. The largest absolute Gasteiger partial charge is 0.457 e. The Morgan fingerprint density at radius 3 is 2.74 bits per heavy atom. The first kappa shape index (κ1) is 13.0. The molecule has 1 N–H and O–H groups in total. The quantitative estimate of drug-likeness (QED) is 0.856. The molecule has 0 spiro atoms. The lowest BCUT2D eigenvalue weighted by Gasteiger charge is -2.03. The van der Waals surface area contributed by atoms with E-state index in [1.807, 2.05) is 0 Å². The van der Waals surface area contributed by atoms with Crippen molar-refractivity contribution in [2.45, 2.75) is 0 Å². The van der Waals surface area contributed by atoms with Crippen molar-refractivity contribution in [3.8, 4) is 0 Å². The maximum absolute atomic E-state index is 11.5. The maximum atomic E-state index is 11.5. The molecule has 19 heavy (non-hydrogen) atoms. The van der Waals surface area contributed by atoms with E-state index in [1.165, 1.54) is 29.7 Å². The van der Waals surface area contributed by atoms with Gasteiger partial charge in [-0.25, -0.2) is 4.79 Å². The molecule has 0 fully saturated rings. The summed E-state index contributed by atoms with van der Waals surface area (Å²) in [4.78, 5) is 34.7. The average molecular weight is 279 g/mol. The van der Waals surface area contributed by atoms with Gasteiger partial charge in [-0.15, -0.1) is 11.3 Å². The van der Waals surface area contributed by atoms with Crippen LogP contribution in [-0.4, -0.2) is 24.4 Å². The molecule has 2 rings (SSSR count). The molecule has 0 bridgehead atoms. The van der Waals surface area contributed by atoms with E-state index in [2.05, 4.69) is 10.1 Å². The van der Waals surface area contributed by atoms with Crippen molar-refractivity contribution in [3.63, 3.8) is 0 Å². The van der Waals surface area contributed by atoms with Crippen LogP contribution < -0.4 is 5.32 Å². The van der Waals surface area contributed by atoms with E-state index in [0.717, 1.165) is 0 Å². The Kier molecular flexibility index (Phi) is 4.09. The third-order valence-corrected chi connectivity index (χ3v) is 2.92. The summed E-state index contributed by atoms with van der Waals surface area (Å²) in [5.41, 5.74) is 0. The second kappa shape index (κ2) is 5.96. The van der Waals surface area contributed by atoms with E-state index in [0.29, 0.717) is 4.88 Å². The molecular formula is C12H9NO5S. The number of imide groups is 1. The Balaban J connectivity index is 1.79. The first-order chi connectivity index (χ1) is 9.16. The number of carbonyl (C=O) groups is 3. The third-order valence-electron chi connectivity index (χ3n) is 2.05. The summed E-state index contributed by atoms with van der Waals surface area (Å²) in [5, 5.41) is 3.83. The van der Waals surface area contributed by atoms with Gasteiger partial charge in [-0.05, 0) is 23.6 Å². The molecule has 0 aromatic carbocycles. The summed E-state index contributed by atoms with van der Waals surface area (Å²) in [6.07, 6.45) is 1.32. The van der Waals surface area contributed by atoms with Gasteiger partial charge in [-0.1, -0.05) is 6.07 Å². The fourth-order valence-corrected chi connectivity index (χ4v) is 1.85. The number of amides is 2. The molecule has 0 unspecified atom stereocenters. The average Bonchev–Trinajstić information content (AvgIpc) is 3.07. The van der Waals surface area contributed by atoms with E-state index in [4.69, 9.17) is 4.42 Å². The zero-order valence-corrected chi connectivity index (χ0v) is 10.4. The van der Waals surface area contributed by atoms with Crippen molar-refractivity contribution in [1.29, 1.82) is 0 Å². The van der Waals surface area contributed by atoms with Crippen LogP contribution in [0.3, 0.4) is 0 Å². The monoisotopic (exact) mass is 279 g/mol. The molecule has 0 saturated heterocycles. The van der Waals surface area contributed by atoms with E-state index < -0.39 is 24.4 Å². The minimum absolute atomic E-state index is 0.00242. The van der Waals surface area contributed by atoms with Gasteiger partial charge in [0.15, 0.2) is 6.61 Å². The minimum atomic E-state index is -0.760. The molecule has 2 aromatic heterocycles. The normalized spacial score (nSPS) is 9.89. The molecule has 0 aliphatic carbocycles. The maximum Gasteiger partial charge on any atom is 0.374 e. The minimum Gasteiger partial charge on any atom is -0.457 e. The van der Waals surface area contributed by atoms with Crippen molar-refractivity contribution in [2.24, 2.45) is 0 Å². The molecule has 0 radical (unpaired) electrons. The molecule has 2 amide bonds. The van der Waals surface area contributed by atoms with E-state index in [-0.39, 0.29) is 5.76 Å². The van der Waals surface area contributed by atoms with Gasteiger partial charge in [0.1, 0.15) is 0 Å². The van der Waals surface area contributed by atoms with Gasteiger partial charge in [-0.2, -0.15) is 0 Å². The first-order valence-corrected chi connectivity index (χ1v) is 6.13. The SMILES string of the molecule is O=C(COC(=O)c1ccco1)NC(=O)c1cccs1. The number of hydrogen-bond acceptors (Lipinski definition) is 6. The van der Waals surface area contributed by atoms with Gasteiger partial charge >= 0.3 is 5.97 Å². The Morgan fingerprint density at radius 2 is 2.11 bits per heavy atom. The predicted octanol–water partition coefficient (Wildman–Crippen LogP) is 1.45. The number of ether oxygens (including phenoxy) is 1. The summed E-state index contributed by atoms with van der Waals surface area (Å²) in [6.45, 7) is -0.545. The molecule has 7 heteroatoms. The van der Waals surface area contributed by atoms with E-state index in [9.17, 15) is 14.4 Å². The van der Waals surface area contributed by atoms with Gasteiger partial charge in [0, 0.05) is 0 Å². The van der Waals surface area contributed by atoms with Gasteiger partial charge < -0.3 is 9.15 Å². The van der Waals surface area contributed by atoms with Crippen molar-refractivity contribution >= 4 is 29.1 Å². The van der Waals surface area contributed by atoms with Crippen LogP contribution in [0, 0.1) is 0 Å². The highest BCUT2D eigenvalue weighted by molar-refractivity contribution is 7.12. The number of nitrogens with one attached hydrogen (secondary N) is 1. The summed E-state index contributed by atoms with van der Waals surface area (Å²) in [5.74, 6) is -1.98. The number of esters is 1. The van der Waals surface area contributed by atoms with Crippen LogP contribution in [0.25, 0.3) is 0 Å². The van der Waals surface area contributed by atoms with Crippen molar-refractivity contribution in [2.75, 3.05) is 6.61 Å². The summed E-state index contributed by atoms with van der Waals surface area (Å²) in [7, 11) is 0. The Morgan fingerprint density at radius 1 is 1.26 bits per heavy atom. The van der Waals surface area contributed by atoms with Gasteiger partial charge in [0.2, 0.25) is 5.76 Å². The van der Waals surface area contributed by atoms with Crippen molar-refractivity contribution in [3.05, 3.63) is 46.5 Å². The number of furan rings is 1. The van der Waals surface area contributed by atoms with Crippen LogP contribution in [0.2, 0.25) is 0 Å². The van der Waals surface area contributed by atoms with Gasteiger partial charge in [0.25, 0.3) is 11.8 Å². The van der Waals surface area contributed by atoms with Crippen molar-refractivity contribution in [1.82, 2.24) is 5.32 Å². The molecule has 0 aliphatic rings. The Labute approximate surface area is 112 Å². The third kappa shape index (κ3) is 3.52. The lowest BCUT2D eigenvalue weighted by Crippen LogP contribution is -2.33. The second-order valence-corrected chi connectivity index (χ2v) is 4.36. The zero-order chi connectivity index (χ0) is 13.7. The summed E-state index contributed by atoms with van der Waals surface area (Å²) in [6, 6.07) is 6.22. The highest BCUT2D eigenvalue weighted by Gasteiger charge is 2.15. The fraction of sp³-hybridized carbons (Fsp3) is 0.0833. The fourth-order valence-electron chi connectivity index (χ4n) is 1.23.